The third kappa shape index (κ3) is 3.63. The zero-order valence-electron chi connectivity index (χ0n) is 16.1. The zero-order chi connectivity index (χ0) is 21.1. The number of primary amides is 1. The SMILES string of the molecule is NC(=O)c1cccc2c1c1c(OCC(=O)O)cccc1n2C/C=C/c1ccccc1. The van der Waals surface area contributed by atoms with Gasteiger partial charge < -0.3 is 20.1 Å². The van der Waals surface area contributed by atoms with Crippen molar-refractivity contribution in [3.8, 4) is 5.75 Å². The second kappa shape index (κ2) is 8.13. The summed E-state index contributed by atoms with van der Waals surface area (Å²) in [6.07, 6.45) is 4.07. The van der Waals surface area contributed by atoms with Gasteiger partial charge in [-0.2, -0.15) is 0 Å². The van der Waals surface area contributed by atoms with Crippen molar-refractivity contribution < 1.29 is 19.4 Å². The monoisotopic (exact) mass is 400 g/mol. The smallest absolute Gasteiger partial charge is 0.341 e. The van der Waals surface area contributed by atoms with E-state index < -0.39 is 18.5 Å². The number of allylic oxidation sites excluding steroid dienone is 1. The Kier molecular flexibility index (Phi) is 5.22. The van der Waals surface area contributed by atoms with E-state index in [0.29, 0.717) is 28.6 Å². The van der Waals surface area contributed by atoms with Gasteiger partial charge in [-0.15, -0.1) is 0 Å². The van der Waals surface area contributed by atoms with E-state index in [9.17, 15) is 9.59 Å². The van der Waals surface area contributed by atoms with Crippen LogP contribution in [0.15, 0.2) is 72.8 Å². The Morgan fingerprint density at radius 3 is 2.33 bits per heavy atom. The van der Waals surface area contributed by atoms with Crippen LogP contribution in [-0.4, -0.2) is 28.2 Å². The molecule has 0 radical (unpaired) electrons. The molecule has 0 spiro atoms. The molecule has 0 fully saturated rings. The van der Waals surface area contributed by atoms with Gasteiger partial charge in [0.1, 0.15) is 5.75 Å². The molecule has 0 bridgehead atoms. The summed E-state index contributed by atoms with van der Waals surface area (Å²) in [5, 5.41) is 10.4. The number of hydrogen-bond acceptors (Lipinski definition) is 3. The van der Waals surface area contributed by atoms with Crippen LogP contribution in [0.4, 0.5) is 0 Å². The lowest BCUT2D eigenvalue weighted by Gasteiger charge is -2.07. The molecule has 0 aliphatic rings. The Morgan fingerprint density at radius 1 is 0.933 bits per heavy atom. The Bertz CT molecular complexity index is 1270. The van der Waals surface area contributed by atoms with Gasteiger partial charge in [0.2, 0.25) is 5.91 Å². The van der Waals surface area contributed by atoms with Crippen LogP contribution >= 0.6 is 0 Å². The lowest BCUT2D eigenvalue weighted by molar-refractivity contribution is -0.139. The fourth-order valence-corrected chi connectivity index (χ4v) is 3.67. The van der Waals surface area contributed by atoms with Gasteiger partial charge in [-0.05, 0) is 29.8 Å². The molecule has 0 unspecified atom stereocenters. The van der Waals surface area contributed by atoms with Crippen LogP contribution in [0.25, 0.3) is 27.9 Å². The van der Waals surface area contributed by atoms with Crippen LogP contribution in [0.1, 0.15) is 15.9 Å². The van der Waals surface area contributed by atoms with Crippen molar-refractivity contribution in [2.24, 2.45) is 5.73 Å². The highest BCUT2D eigenvalue weighted by molar-refractivity contribution is 6.19. The molecular formula is C24H20N2O4. The van der Waals surface area contributed by atoms with Crippen LogP contribution in [0.2, 0.25) is 0 Å². The largest absolute Gasteiger partial charge is 0.481 e. The third-order valence-electron chi connectivity index (χ3n) is 4.89. The van der Waals surface area contributed by atoms with Crippen molar-refractivity contribution in [1.82, 2.24) is 4.57 Å². The summed E-state index contributed by atoms with van der Waals surface area (Å²) in [5.74, 6) is -1.22. The van der Waals surface area contributed by atoms with Crippen LogP contribution in [-0.2, 0) is 11.3 Å². The van der Waals surface area contributed by atoms with Crippen molar-refractivity contribution >= 4 is 39.8 Å². The molecule has 0 aliphatic carbocycles. The summed E-state index contributed by atoms with van der Waals surface area (Å²) >= 11 is 0. The first-order valence-corrected chi connectivity index (χ1v) is 9.46. The summed E-state index contributed by atoms with van der Waals surface area (Å²) < 4.78 is 7.59. The first-order chi connectivity index (χ1) is 14.6. The molecule has 4 rings (SSSR count). The molecule has 0 aliphatic heterocycles. The van der Waals surface area contributed by atoms with E-state index in [1.54, 1.807) is 24.3 Å². The molecule has 6 heteroatoms. The number of rotatable bonds is 7. The number of fused-ring (bicyclic) bond motifs is 3. The average Bonchev–Trinajstić information content (AvgIpc) is 3.07. The molecule has 3 aromatic carbocycles. The van der Waals surface area contributed by atoms with E-state index in [1.807, 2.05) is 54.6 Å². The average molecular weight is 400 g/mol. The Hall–Kier alpha value is -4.06. The molecule has 0 saturated heterocycles. The molecule has 30 heavy (non-hydrogen) atoms. The Balaban J connectivity index is 1.89. The maximum Gasteiger partial charge on any atom is 0.341 e. The molecule has 6 nitrogen and oxygen atoms in total. The van der Waals surface area contributed by atoms with Gasteiger partial charge in [0.15, 0.2) is 6.61 Å². The molecule has 0 saturated carbocycles. The number of carboxylic acids is 1. The predicted molar refractivity (Wildman–Crippen MR) is 117 cm³/mol. The third-order valence-corrected chi connectivity index (χ3v) is 4.89. The molecule has 1 amide bonds. The van der Waals surface area contributed by atoms with Crippen LogP contribution in [0.3, 0.4) is 0 Å². The minimum atomic E-state index is -1.07. The maximum absolute atomic E-state index is 12.1. The van der Waals surface area contributed by atoms with Gasteiger partial charge in [-0.25, -0.2) is 4.79 Å². The number of benzene rings is 3. The van der Waals surface area contributed by atoms with Crippen molar-refractivity contribution in [2.75, 3.05) is 6.61 Å². The summed E-state index contributed by atoms with van der Waals surface area (Å²) in [7, 11) is 0. The summed E-state index contributed by atoms with van der Waals surface area (Å²) in [4.78, 5) is 23.1. The lowest BCUT2D eigenvalue weighted by Crippen LogP contribution is -2.11. The fraction of sp³-hybridized carbons (Fsp3) is 0.0833. The van der Waals surface area contributed by atoms with E-state index in [1.165, 1.54) is 0 Å². The van der Waals surface area contributed by atoms with Crippen LogP contribution < -0.4 is 10.5 Å². The summed E-state index contributed by atoms with van der Waals surface area (Å²) in [6, 6.07) is 20.8. The number of nitrogens with zero attached hydrogens (tertiary/aromatic N) is 1. The van der Waals surface area contributed by atoms with Gasteiger partial charge in [-0.3, -0.25) is 4.79 Å². The van der Waals surface area contributed by atoms with E-state index >= 15 is 0 Å². The molecule has 0 atom stereocenters. The van der Waals surface area contributed by atoms with Gasteiger partial charge in [0.25, 0.3) is 0 Å². The fourth-order valence-electron chi connectivity index (χ4n) is 3.67. The second-order valence-electron chi connectivity index (χ2n) is 6.82. The second-order valence-corrected chi connectivity index (χ2v) is 6.82. The number of nitrogens with two attached hydrogens (primary N) is 1. The van der Waals surface area contributed by atoms with E-state index in [-0.39, 0.29) is 0 Å². The van der Waals surface area contributed by atoms with E-state index in [0.717, 1.165) is 16.6 Å². The Labute approximate surface area is 172 Å². The number of carboxylic acid groups (broad SMARTS) is 1. The number of aromatic nitrogens is 1. The molecule has 1 aromatic heterocycles. The first-order valence-electron chi connectivity index (χ1n) is 9.46. The summed E-state index contributed by atoms with van der Waals surface area (Å²) in [6.45, 7) is 0.0813. The molecule has 1 heterocycles. The number of ether oxygens (including phenoxy) is 1. The first kappa shape index (κ1) is 19.3. The lowest BCUT2D eigenvalue weighted by atomic mass is 10.1. The summed E-state index contributed by atoms with van der Waals surface area (Å²) in [5.41, 5.74) is 8.74. The standard InChI is InChI=1S/C24H20N2O4/c25-24(29)17-10-4-11-18-22(17)23-19(12-5-13-20(23)30-15-21(27)28)26(18)14-6-9-16-7-2-1-3-8-16/h1-13H,14-15H2,(H2,25,29)(H,27,28)/b9-6+. The van der Waals surface area contributed by atoms with E-state index in [4.69, 9.17) is 15.6 Å². The van der Waals surface area contributed by atoms with Gasteiger partial charge in [0.05, 0.1) is 16.4 Å². The van der Waals surface area contributed by atoms with Gasteiger partial charge in [-0.1, -0.05) is 54.6 Å². The van der Waals surface area contributed by atoms with Crippen molar-refractivity contribution in [2.45, 2.75) is 6.54 Å². The molecular weight excluding hydrogens is 380 g/mol. The predicted octanol–water partition coefficient (Wildman–Crippen LogP) is 4.07. The topological polar surface area (TPSA) is 94.6 Å². The minimum absolute atomic E-state index is 0.370. The van der Waals surface area contributed by atoms with Crippen molar-refractivity contribution in [3.05, 3.63) is 83.9 Å². The van der Waals surface area contributed by atoms with Crippen molar-refractivity contribution in [1.29, 1.82) is 0 Å². The highest BCUT2D eigenvalue weighted by atomic mass is 16.5. The Morgan fingerprint density at radius 2 is 1.63 bits per heavy atom. The highest BCUT2D eigenvalue weighted by Gasteiger charge is 2.19. The van der Waals surface area contributed by atoms with Gasteiger partial charge >= 0.3 is 5.97 Å². The number of carbonyl (C=O) groups is 2. The number of amides is 1. The van der Waals surface area contributed by atoms with Gasteiger partial charge in [0, 0.05) is 17.5 Å². The maximum atomic E-state index is 12.1. The number of hydrogen-bond donors (Lipinski definition) is 2. The molecule has 3 N–H and O–H groups in total. The molecule has 4 aromatic rings. The molecule has 150 valence electrons. The quantitative estimate of drug-likeness (QED) is 0.489. The minimum Gasteiger partial charge on any atom is -0.481 e. The number of aliphatic carboxylic acids is 1. The number of carbonyl (C=O) groups excluding carboxylic acids is 1. The van der Waals surface area contributed by atoms with Crippen LogP contribution in [0.5, 0.6) is 5.75 Å². The normalized spacial score (nSPS) is 11.3. The zero-order valence-corrected chi connectivity index (χ0v) is 16.1. The van der Waals surface area contributed by atoms with Crippen molar-refractivity contribution in [3.63, 3.8) is 0 Å². The van der Waals surface area contributed by atoms with Crippen LogP contribution in [0, 0.1) is 0 Å². The van der Waals surface area contributed by atoms with E-state index in [2.05, 4.69) is 4.57 Å². The highest BCUT2D eigenvalue weighted by Crippen LogP contribution is 2.37.